The maximum absolute atomic E-state index is 13.2. The van der Waals surface area contributed by atoms with Gasteiger partial charge in [0.15, 0.2) is 5.82 Å². The van der Waals surface area contributed by atoms with Crippen LogP contribution in [0.25, 0.3) is 17.1 Å². The van der Waals surface area contributed by atoms with Gasteiger partial charge >= 0.3 is 0 Å². The lowest BCUT2D eigenvalue weighted by Crippen LogP contribution is -2.23. The van der Waals surface area contributed by atoms with E-state index < -0.39 is 11.0 Å². The first-order valence-electron chi connectivity index (χ1n) is 10.5. The second-order valence-electron chi connectivity index (χ2n) is 7.50. The molecule has 4 aromatic rings. The highest BCUT2D eigenvalue weighted by Crippen LogP contribution is 2.37. The van der Waals surface area contributed by atoms with Gasteiger partial charge in [-0.05, 0) is 38.1 Å². The molecular weight excluding hydrogens is 454 g/mol. The molecule has 0 bridgehead atoms. The summed E-state index contributed by atoms with van der Waals surface area (Å²) in [5.74, 6) is 1.86. The van der Waals surface area contributed by atoms with Crippen LogP contribution in [0.4, 0.5) is 5.95 Å². The highest BCUT2D eigenvalue weighted by Gasteiger charge is 2.24. The molecule has 10 nitrogen and oxygen atoms in total. The number of rotatable bonds is 9. The van der Waals surface area contributed by atoms with Gasteiger partial charge in [-0.2, -0.15) is 0 Å². The zero-order valence-electron chi connectivity index (χ0n) is 19.3. The highest BCUT2D eigenvalue weighted by atomic mass is 32.2. The summed E-state index contributed by atoms with van der Waals surface area (Å²) in [5, 5.41) is 8.39. The van der Waals surface area contributed by atoms with E-state index in [4.69, 9.17) is 9.47 Å². The number of benzene rings is 1. The smallest absolute Gasteiger partial charge is 0.241 e. The third-order valence-electron chi connectivity index (χ3n) is 5.10. The average molecular weight is 480 g/mol. The molecule has 2 unspecified atom stereocenters. The normalized spacial score (nSPS) is 12.7. The van der Waals surface area contributed by atoms with Gasteiger partial charge in [0.25, 0.3) is 0 Å². The van der Waals surface area contributed by atoms with Crippen molar-refractivity contribution in [1.82, 2.24) is 29.7 Å². The zero-order chi connectivity index (χ0) is 24.1. The van der Waals surface area contributed by atoms with Crippen molar-refractivity contribution in [3.63, 3.8) is 0 Å². The van der Waals surface area contributed by atoms with Gasteiger partial charge in [0.05, 0.1) is 30.9 Å². The number of aryl methyl sites for hydroxylation is 1. The van der Waals surface area contributed by atoms with Gasteiger partial charge in [0.2, 0.25) is 5.95 Å². The van der Waals surface area contributed by atoms with Crippen molar-refractivity contribution >= 4 is 16.9 Å². The highest BCUT2D eigenvalue weighted by molar-refractivity contribution is 7.86. The first-order valence-corrected chi connectivity index (χ1v) is 11.7. The number of methoxy groups -OCH3 is 2. The number of nitrogens with zero attached hydrogens (tertiary/aromatic N) is 6. The largest absolute Gasteiger partial charge is 0.494 e. The summed E-state index contributed by atoms with van der Waals surface area (Å²) in [6, 6.07) is 9.12. The Morgan fingerprint density at radius 1 is 1.03 bits per heavy atom. The van der Waals surface area contributed by atoms with Crippen molar-refractivity contribution in [3.8, 4) is 28.6 Å². The van der Waals surface area contributed by atoms with Gasteiger partial charge < -0.3 is 9.47 Å². The summed E-state index contributed by atoms with van der Waals surface area (Å²) in [4.78, 5) is 12.8. The van der Waals surface area contributed by atoms with Crippen LogP contribution in [-0.4, -0.2) is 53.4 Å². The Balaban J connectivity index is 1.73. The number of ether oxygens (including phenoxy) is 2. The predicted octanol–water partition coefficient (Wildman–Crippen LogP) is 3.15. The molecule has 3 aromatic heterocycles. The van der Waals surface area contributed by atoms with E-state index in [1.54, 1.807) is 43.6 Å². The average Bonchev–Trinajstić information content (AvgIpc) is 3.28. The van der Waals surface area contributed by atoms with Gasteiger partial charge in [0.1, 0.15) is 28.2 Å². The number of pyridine rings is 1. The molecule has 0 saturated carbocycles. The fourth-order valence-corrected chi connectivity index (χ4v) is 4.22. The van der Waals surface area contributed by atoms with Crippen LogP contribution in [0.15, 0.2) is 55.1 Å². The molecule has 34 heavy (non-hydrogen) atoms. The van der Waals surface area contributed by atoms with E-state index in [1.807, 2.05) is 44.2 Å². The summed E-state index contributed by atoms with van der Waals surface area (Å²) in [6.07, 6.45) is 7.24. The molecule has 0 aliphatic heterocycles. The molecular formula is C23H25N7O3S. The molecule has 0 aliphatic carbocycles. The lowest BCUT2D eigenvalue weighted by molar-refractivity contribution is 0.391. The van der Waals surface area contributed by atoms with E-state index >= 15 is 0 Å². The quantitative estimate of drug-likeness (QED) is 0.389. The first-order chi connectivity index (χ1) is 16.5. The summed E-state index contributed by atoms with van der Waals surface area (Å²) >= 11 is 0. The van der Waals surface area contributed by atoms with Crippen molar-refractivity contribution in [2.24, 2.45) is 0 Å². The van der Waals surface area contributed by atoms with E-state index in [0.29, 0.717) is 29.4 Å². The molecule has 0 spiro atoms. The summed E-state index contributed by atoms with van der Waals surface area (Å²) in [6.45, 7) is 3.75. The summed E-state index contributed by atoms with van der Waals surface area (Å²) in [5.41, 5.74) is 2.90. The molecule has 3 heterocycles. The van der Waals surface area contributed by atoms with E-state index in [0.717, 1.165) is 17.0 Å². The minimum atomic E-state index is -1.50. The van der Waals surface area contributed by atoms with Crippen LogP contribution in [0.1, 0.15) is 18.3 Å². The molecule has 0 fully saturated rings. The van der Waals surface area contributed by atoms with Crippen LogP contribution in [0, 0.1) is 6.92 Å². The second kappa shape index (κ2) is 10.4. The minimum absolute atomic E-state index is 0.274. The van der Waals surface area contributed by atoms with Crippen LogP contribution in [0.5, 0.6) is 11.5 Å². The molecule has 4 rings (SSSR count). The maximum Gasteiger partial charge on any atom is 0.241 e. The van der Waals surface area contributed by atoms with E-state index in [-0.39, 0.29) is 11.2 Å². The first kappa shape index (κ1) is 23.3. The van der Waals surface area contributed by atoms with Crippen LogP contribution in [0.2, 0.25) is 0 Å². The van der Waals surface area contributed by atoms with Gasteiger partial charge in [-0.15, -0.1) is 10.2 Å². The number of hydrogen-bond acceptors (Lipinski definition) is 8. The van der Waals surface area contributed by atoms with Gasteiger partial charge in [-0.25, -0.2) is 4.21 Å². The van der Waals surface area contributed by atoms with Crippen molar-refractivity contribution < 1.29 is 13.7 Å². The fraction of sp³-hybridized carbons (Fsp3) is 0.261. The SMILES string of the molecule is COc1cccc(OC)c1-n1c(NS(=O)C(C)Cc2cnc(C)cn2)nnc1-c1cccnc1. The van der Waals surface area contributed by atoms with Crippen molar-refractivity contribution in [1.29, 1.82) is 0 Å². The molecule has 0 saturated heterocycles. The van der Waals surface area contributed by atoms with E-state index in [1.165, 1.54) is 0 Å². The van der Waals surface area contributed by atoms with Crippen molar-refractivity contribution in [3.05, 3.63) is 66.5 Å². The van der Waals surface area contributed by atoms with Crippen LogP contribution < -0.4 is 14.2 Å². The van der Waals surface area contributed by atoms with Crippen LogP contribution in [0.3, 0.4) is 0 Å². The van der Waals surface area contributed by atoms with Crippen molar-refractivity contribution in [2.75, 3.05) is 18.9 Å². The Morgan fingerprint density at radius 2 is 1.79 bits per heavy atom. The fourth-order valence-electron chi connectivity index (χ4n) is 3.38. The topological polar surface area (TPSA) is 117 Å². The molecule has 176 valence electrons. The molecule has 0 aliphatic rings. The third-order valence-corrected chi connectivity index (χ3v) is 6.38. The molecule has 1 aromatic carbocycles. The zero-order valence-corrected chi connectivity index (χ0v) is 20.1. The summed E-state index contributed by atoms with van der Waals surface area (Å²) < 4.78 is 29.2. The number of hydrogen-bond donors (Lipinski definition) is 1. The third kappa shape index (κ3) is 4.88. The molecule has 0 radical (unpaired) electrons. The number of para-hydroxylation sites is 1. The minimum Gasteiger partial charge on any atom is -0.494 e. The van der Waals surface area contributed by atoms with Crippen molar-refractivity contribution in [2.45, 2.75) is 25.5 Å². The molecule has 0 amide bonds. The van der Waals surface area contributed by atoms with E-state index in [2.05, 4.69) is 29.9 Å². The Kier molecular flexibility index (Phi) is 7.12. The monoisotopic (exact) mass is 479 g/mol. The Bertz CT molecular complexity index is 1260. The van der Waals surface area contributed by atoms with Gasteiger partial charge in [-0.3, -0.25) is 24.2 Å². The molecule has 11 heteroatoms. The number of nitrogens with one attached hydrogen (secondary N) is 1. The van der Waals surface area contributed by atoms with Crippen LogP contribution >= 0.6 is 0 Å². The number of aromatic nitrogens is 6. The molecule has 2 atom stereocenters. The standard InChI is InChI=1S/C23H25N7O3S/c1-15-12-26-18(14-25-15)11-16(2)34(31)29-23-28-27-22(17-7-6-10-24-13-17)30(23)21-19(32-3)8-5-9-20(21)33-4/h5-10,12-14,16H,11H2,1-4H3,(H,28,29). The predicted molar refractivity (Wildman–Crippen MR) is 129 cm³/mol. The summed E-state index contributed by atoms with van der Waals surface area (Å²) in [7, 11) is 1.64. The Morgan fingerprint density at radius 3 is 2.41 bits per heavy atom. The second-order valence-corrected chi connectivity index (χ2v) is 9.10. The van der Waals surface area contributed by atoms with Crippen LogP contribution in [-0.2, 0) is 17.4 Å². The van der Waals surface area contributed by atoms with Gasteiger partial charge in [0, 0.05) is 36.8 Å². The van der Waals surface area contributed by atoms with Gasteiger partial charge in [-0.1, -0.05) is 6.07 Å². The Labute approximate surface area is 200 Å². The maximum atomic E-state index is 13.2. The number of anilines is 1. The Hall–Kier alpha value is -3.86. The lowest BCUT2D eigenvalue weighted by atomic mass is 10.2. The van der Waals surface area contributed by atoms with E-state index in [9.17, 15) is 4.21 Å². The lowest BCUT2D eigenvalue weighted by Gasteiger charge is -2.18. The molecule has 1 N–H and O–H groups in total.